The predicted octanol–water partition coefficient (Wildman–Crippen LogP) is 3.73. The number of halogens is 1. The van der Waals surface area contributed by atoms with Crippen LogP contribution in [-0.4, -0.2) is 16.6 Å². The lowest BCUT2D eigenvalue weighted by atomic mass is 10.1. The maximum absolute atomic E-state index is 6.10. The van der Waals surface area contributed by atoms with Crippen LogP contribution in [0.1, 0.15) is 43.1 Å². The molecule has 1 heterocycles. The molecular formula is C16H20ClN3O. The third-order valence-corrected chi connectivity index (χ3v) is 4.17. The fourth-order valence-corrected chi connectivity index (χ4v) is 2.60. The summed E-state index contributed by atoms with van der Waals surface area (Å²) in [5, 5.41) is 3.95. The van der Waals surface area contributed by atoms with Gasteiger partial charge in [-0.05, 0) is 45.0 Å². The molecule has 1 aliphatic rings. The summed E-state index contributed by atoms with van der Waals surface area (Å²) in [5.74, 6) is 0.866. The number of nitrogens with one attached hydrogen (secondary N) is 1. The highest BCUT2D eigenvalue weighted by Crippen LogP contribution is 2.36. The van der Waals surface area contributed by atoms with Gasteiger partial charge in [-0.1, -0.05) is 11.6 Å². The second kappa shape index (κ2) is 6.08. The summed E-state index contributed by atoms with van der Waals surface area (Å²) in [6.07, 6.45) is 6.27. The number of aromatic nitrogens is 2. The Morgan fingerprint density at radius 1 is 1.48 bits per heavy atom. The summed E-state index contributed by atoms with van der Waals surface area (Å²) in [4.78, 5) is 4.23. The zero-order chi connectivity index (χ0) is 14.8. The molecule has 1 N–H and O–H groups in total. The number of rotatable bonds is 6. The predicted molar refractivity (Wildman–Crippen MR) is 83.8 cm³/mol. The molecule has 0 saturated heterocycles. The molecule has 1 aliphatic carbocycles. The van der Waals surface area contributed by atoms with Gasteiger partial charge in [-0.25, -0.2) is 4.98 Å². The summed E-state index contributed by atoms with van der Waals surface area (Å²) >= 11 is 6.10. The highest BCUT2D eigenvalue weighted by atomic mass is 35.5. The fourth-order valence-electron chi connectivity index (χ4n) is 2.42. The third kappa shape index (κ3) is 3.22. The minimum Gasteiger partial charge on any atom is -0.487 e. The maximum Gasteiger partial charge on any atom is 0.130 e. The van der Waals surface area contributed by atoms with Crippen molar-refractivity contribution in [1.29, 1.82) is 0 Å². The molecule has 4 nitrogen and oxygen atoms in total. The van der Waals surface area contributed by atoms with Crippen molar-refractivity contribution >= 4 is 11.6 Å². The van der Waals surface area contributed by atoms with Crippen molar-refractivity contribution in [1.82, 2.24) is 14.9 Å². The standard InChI is InChI=1S/C16H20ClN3O/c1-11(18-2)15-7-12(17)3-6-16(15)21-9-14-8-19-10-20(14)13-4-5-13/h3,6-8,10-11,13,18H,4-5,9H2,1-2H3. The lowest BCUT2D eigenvalue weighted by Gasteiger charge is -2.17. The first-order chi connectivity index (χ1) is 10.2. The maximum atomic E-state index is 6.10. The average molecular weight is 306 g/mol. The van der Waals surface area contributed by atoms with Crippen LogP contribution in [0.15, 0.2) is 30.7 Å². The van der Waals surface area contributed by atoms with Crippen LogP contribution in [0.5, 0.6) is 5.75 Å². The van der Waals surface area contributed by atoms with E-state index < -0.39 is 0 Å². The first-order valence-corrected chi connectivity index (χ1v) is 7.67. The van der Waals surface area contributed by atoms with E-state index in [2.05, 4.69) is 21.8 Å². The van der Waals surface area contributed by atoms with Gasteiger partial charge >= 0.3 is 0 Å². The molecule has 1 aromatic heterocycles. The number of ether oxygens (including phenoxy) is 1. The Morgan fingerprint density at radius 2 is 2.29 bits per heavy atom. The van der Waals surface area contributed by atoms with Crippen LogP contribution in [0.25, 0.3) is 0 Å². The van der Waals surface area contributed by atoms with Crippen molar-refractivity contribution in [2.24, 2.45) is 0 Å². The van der Waals surface area contributed by atoms with Gasteiger partial charge in [-0.2, -0.15) is 0 Å². The molecule has 1 atom stereocenters. The van der Waals surface area contributed by atoms with E-state index in [0.717, 1.165) is 22.0 Å². The number of nitrogens with zero attached hydrogens (tertiary/aromatic N) is 2. The van der Waals surface area contributed by atoms with Crippen LogP contribution in [0, 0.1) is 0 Å². The molecule has 21 heavy (non-hydrogen) atoms. The Kier molecular flexibility index (Phi) is 4.17. The van der Waals surface area contributed by atoms with E-state index in [0.29, 0.717) is 12.6 Å². The van der Waals surface area contributed by atoms with Crippen molar-refractivity contribution in [2.75, 3.05) is 7.05 Å². The molecule has 0 spiro atoms. The quantitative estimate of drug-likeness (QED) is 0.884. The van der Waals surface area contributed by atoms with E-state index in [-0.39, 0.29) is 6.04 Å². The van der Waals surface area contributed by atoms with Crippen molar-refractivity contribution in [3.8, 4) is 5.75 Å². The monoisotopic (exact) mass is 305 g/mol. The van der Waals surface area contributed by atoms with Crippen LogP contribution in [-0.2, 0) is 6.61 Å². The second-order valence-corrected chi connectivity index (χ2v) is 5.94. The highest BCUT2D eigenvalue weighted by Gasteiger charge is 2.25. The van der Waals surface area contributed by atoms with Crippen LogP contribution < -0.4 is 10.1 Å². The first kappa shape index (κ1) is 14.4. The molecule has 1 saturated carbocycles. The molecule has 0 aliphatic heterocycles. The van der Waals surface area contributed by atoms with Crippen LogP contribution in [0.4, 0.5) is 0 Å². The topological polar surface area (TPSA) is 39.1 Å². The first-order valence-electron chi connectivity index (χ1n) is 7.29. The summed E-state index contributed by atoms with van der Waals surface area (Å²) in [6.45, 7) is 2.62. The van der Waals surface area contributed by atoms with E-state index in [1.54, 1.807) is 0 Å². The Morgan fingerprint density at radius 3 is 3.00 bits per heavy atom. The van der Waals surface area contributed by atoms with Gasteiger partial charge in [-0.3, -0.25) is 0 Å². The van der Waals surface area contributed by atoms with Crippen molar-refractivity contribution in [3.63, 3.8) is 0 Å². The normalized spacial score (nSPS) is 16.0. The Hall–Kier alpha value is -1.52. The number of hydrogen-bond acceptors (Lipinski definition) is 3. The summed E-state index contributed by atoms with van der Waals surface area (Å²) in [5.41, 5.74) is 2.19. The average Bonchev–Trinajstić information content (AvgIpc) is 3.24. The van der Waals surface area contributed by atoms with Gasteiger partial charge in [0.15, 0.2) is 0 Å². The zero-order valence-electron chi connectivity index (χ0n) is 12.3. The molecule has 5 heteroatoms. The van der Waals surface area contributed by atoms with Crippen molar-refractivity contribution < 1.29 is 4.74 Å². The second-order valence-electron chi connectivity index (χ2n) is 5.50. The number of imidazole rings is 1. The fraction of sp³-hybridized carbons (Fsp3) is 0.438. The van der Waals surface area contributed by atoms with Gasteiger partial charge in [0.25, 0.3) is 0 Å². The van der Waals surface area contributed by atoms with Crippen LogP contribution >= 0.6 is 11.6 Å². The molecular weight excluding hydrogens is 286 g/mol. The minimum absolute atomic E-state index is 0.187. The van der Waals surface area contributed by atoms with E-state index in [9.17, 15) is 0 Å². The molecule has 1 unspecified atom stereocenters. The van der Waals surface area contributed by atoms with Crippen LogP contribution in [0.2, 0.25) is 5.02 Å². The van der Waals surface area contributed by atoms with Gasteiger partial charge in [0.2, 0.25) is 0 Å². The van der Waals surface area contributed by atoms with Crippen molar-refractivity contribution in [3.05, 3.63) is 47.0 Å². The molecule has 1 aromatic carbocycles. The Labute approximate surface area is 130 Å². The molecule has 112 valence electrons. The van der Waals surface area contributed by atoms with E-state index in [1.807, 2.05) is 37.8 Å². The molecule has 2 aromatic rings. The summed E-state index contributed by atoms with van der Waals surface area (Å²) in [7, 11) is 1.93. The zero-order valence-corrected chi connectivity index (χ0v) is 13.1. The SMILES string of the molecule is CNC(C)c1cc(Cl)ccc1OCc1cncn1C1CC1. The largest absolute Gasteiger partial charge is 0.487 e. The molecule has 0 bridgehead atoms. The number of hydrogen-bond donors (Lipinski definition) is 1. The molecule has 3 rings (SSSR count). The van der Waals surface area contributed by atoms with E-state index in [1.165, 1.54) is 12.8 Å². The van der Waals surface area contributed by atoms with Crippen molar-refractivity contribution in [2.45, 2.75) is 38.5 Å². The van der Waals surface area contributed by atoms with Gasteiger partial charge in [0.1, 0.15) is 12.4 Å². The molecule has 0 amide bonds. The van der Waals surface area contributed by atoms with E-state index >= 15 is 0 Å². The Balaban J connectivity index is 1.76. The van der Waals surface area contributed by atoms with Gasteiger partial charge in [-0.15, -0.1) is 0 Å². The van der Waals surface area contributed by atoms with Gasteiger partial charge in [0.05, 0.1) is 18.2 Å². The highest BCUT2D eigenvalue weighted by molar-refractivity contribution is 6.30. The lowest BCUT2D eigenvalue weighted by molar-refractivity contribution is 0.289. The van der Waals surface area contributed by atoms with Gasteiger partial charge in [0, 0.05) is 22.7 Å². The van der Waals surface area contributed by atoms with Gasteiger partial charge < -0.3 is 14.6 Å². The molecule has 0 radical (unpaired) electrons. The number of benzene rings is 1. The molecule has 1 fully saturated rings. The Bertz CT molecular complexity index is 622. The smallest absolute Gasteiger partial charge is 0.130 e. The summed E-state index contributed by atoms with van der Waals surface area (Å²) in [6, 6.07) is 6.56. The summed E-state index contributed by atoms with van der Waals surface area (Å²) < 4.78 is 8.24. The van der Waals surface area contributed by atoms with E-state index in [4.69, 9.17) is 16.3 Å². The van der Waals surface area contributed by atoms with Crippen LogP contribution in [0.3, 0.4) is 0 Å². The minimum atomic E-state index is 0.187. The third-order valence-electron chi connectivity index (χ3n) is 3.93. The lowest BCUT2D eigenvalue weighted by Crippen LogP contribution is -2.14.